The van der Waals surface area contributed by atoms with Crippen molar-refractivity contribution in [1.82, 2.24) is 4.90 Å². The number of ether oxygens (including phenoxy) is 1. The van der Waals surface area contributed by atoms with E-state index in [0.29, 0.717) is 11.1 Å². The first-order valence-electron chi connectivity index (χ1n) is 7.90. The van der Waals surface area contributed by atoms with E-state index in [1.165, 1.54) is 12.1 Å². The van der Waals surface area contributed by atoms with Gasteiger partial charge >= 0.3 is 5.97 Å². The number of carbonyl (C=O) groups is 2. The van der Waals surface area contributed by atoms with Gasteiger partial charge in [-0.3, -0.25) is 9.69 Å². The van der Waals surface area contributed by atoms with Gasteiger partial charge in [-0.2, -0.15) is 0 Å². The van der Waals surface area contributed by atoms with Crippen LogP contribution in [0.3, 0.4) is 0 Å². The Morgan fingerprint density at radius 3 is 1.92 bits per heavy atom. The molecule has 2 aromatic rings. The van der Waals surface area contributed by atoms with Crippen LogP contribution in [0.1, 0.15) is 31.8 Å². The van der Waals surface area contributed by atoms with E-state index < -0.39 is 5.97 Å². The summed E-state index contributed by atoms with van der Waals surface area (Å²) in [6, 6.07) is 13.6. The van der Waals surface area contributed by atoms with Crippen molar-refractivity contribution in [3.8, 4) is 0 Å². The van der Waals surface area contributed by atoms with Crippen molar-refractivity contribution < 1.29 is 19.4 Å². The largest absolute Gasteiger partial charge is 0.478 e. The Labute approximate surface area is 140 Å². The number of carbonyl (C=O) groups excluding carboxylic acids is 1. The Hall–Kier alpha value is -2.50. The zero-order valence-corrected chi connectivity index (χ0v) is 13.3. The minimum Gasteiger partial charge on any atom is -0.478 e. The van der Waals surface area contributed by atoms with Gasteiger partial charge < -0.3 is 9.84 Å². The summed E-state index contributed by atoms with van der Waals surface area (Å²) in [7, 11) is 0. The number of hydrogen-bond donors (Lipinski definition) is 1. The molecule has 0 atom stereocenters. The number of ketones is 1. The third-order valence-corrected chi connectivity index (χ3v) is 4.12. The standard InChI is InChI=1S/C19H19NO4/c21-18(16-5-7-17(8-6-16)19(22)23)15-3-1-14(2-4-15)13-20-9-11-24-12-10-20/h1-8H,9-13H2,(H,22,23). The number of aromatic carboxylic acids is 1. The molecule has 2 aromatic carbocycles. The van der Waals surface area contributed by atoms with Gasteiger partial charge in [-0.05, 0) is 17.7 Å². The van der Waals surface area contributed by atoms with Crippen LogP contribution in [0.4, 0.5) is 0 Å². The van der Waals surface area contributed by atoms with Gasteiger partial charge in [-0.1, -0.05) is 36.4 Å². The highest BCUT2D eigenvalue weighted by atomic mass is 16.5. The fraction of sp³-hybridized carbons (Fsp3) is 0.263. The van der Waals surface area contributed by atoms with Crippen LogP contribution in [0.25, 0.3) is 0 Å². The molecular weight excluding hydrogens is 306 g/mol. The second-order valence-electron chi connectivity index (χ2n) is 5.80. The van der Waals surface area contributed by atoms with Gasteiger partial charge in [0, 0.05) is 30.8 Å². The van der Waals surface area contributed by atoms with E-state index in [4.69, 9.17) is 9.84 Å². The molecule has 1 N–H and O–H groups in total. The van der Waals surface area contributed by atoms with Gasteiger partial charge in [0.05, 0.1) is 18.8 Å². The highest BCUT2D eigenvalue weighted by molar-refractivity contribution is 6.09. The topological polar surface area (TPSA) is 66.8 Å². The number of carboxylic acids is 1. The quantitative estimate of drug-likeness (QED) is 0.855. The molecule has 3 rings (SSSR count). The van der Waals surface area contributed by atoms with Gasteiger partial charge in [0.25, 0.3) is 0 Å². The van der Waals surface area contributed by atoms with Crippen LogP contribution in [-0.2, 0) is 11.3 Å². The second-order valence-corrected chi connectivity index (χ2v) is 5.80. The summed E-state index contributed by atoms with van der Waals surface area (Å²) in [4.78, 5) is 25.6. The number of morpholine rings is 1. The molecular formula is C19H19NO4. The Kier molecular flexibility index (Phi) is 5.03. The molecule has 0 aliphatic carbocycles. The molecule has 0 aromatic heterocycles. The lowest BCUT2D eigenvalue weighted by atomic mass is 10.0. The summed E-state index contributed by atoms with van der Waals surface area (Å²) in [6.45, 7) is 4.24. The number of nitrogens with zero attached hydrogens (tertiary/aromatic N) is 1. The van der Waals surface area contributed by atoms with Crippen molar-refractivity contribution >= 4 is 11.8 Å². The van der Waals surface area contributed by atoms with Crippen molar-refractivity contribution in [2.75, 3.05) is 26.3 Å². The molecule has 5 heteroatoms. The summed E-state index contributed by atoms with van der Waals surface area (Å²) in [5, 5.41) is 8.90. The van der Waals surface area contributed by atoms with Crippen molar-refractivity contribution in [1.29, 1.82) is 0 Å². The van der Waals surface area contributed by atoms with Gasteiger partial charge in [-0.25, -0.2) is 4.79 Å². The molecule has 0 unspecified atom stereocenters. The van der Waals surface area contributed by atoms with E-state index >= 15 is 0 Å². The molecule has 1 heterocycles. The third-order valence-electron chi connectivity index (χ3n) is 4.12. The summed E-state index contributed by atoms with van der Waals surface area (Å²) in [6.07, 6.45) is 0. The van der Waals surface area contributed by atoms with Crippen molar-refractivity contribution in [3.63, 3.8) is 0 Å². The first-order valence-corrected chi connectivity index (χ1v) is 7.90. The van der Waals surface area contributed by atoms with Crippen LogP contribution in [0.15, 0.2) is 48.5 Å². The Bertz CT molecular complexity index is 716. The first kappa shape index (κ1) is 16.4. The van der Waals surface area contributed by atoms with E-state index in [0.717, 1.165) is 38.4 Å². The van der Waals surface area contributed by atoms with Crippen LogP contribution in [-0.4, -0.2) is 48.1 Å². The minimum absolute atomic E-state index is 0.107. The highest BCUT2D eigenvalue weighted by Gasteiger charge is 2.13. The summed E-state index contributed by atoms with van der Waals surface area (Å²) >= 11 is 0. The fourth-order valence-corrected chi connectivity index (χ4v) is 2.71. The molecule has 1 saturated heterocycles. The molecule has 24 heavy (non-hydrogen) atoms. The molecule has 5 nitrogen and oxygen atoms in total. The van der Waals surface area contributed by atoms with Crippen LogP contribution in [0.5, 0.6) is 0 Å². The van der Waals surface area contributed by atoms with Crippen LogP contribution >= 0.6 is 0 Å². The monoisotopic (exact) mass is 325 g/mol. The van der Waals surface area contributed by atoms with E-state index in [1.807, 2.05) is 24.3 Å². The van der Waals surface area contributed by atoms with Crippen molar-refractivity contribution in [2.24, 2.45) is 0 Å². The molecule has 0 saturated carbocycles. The summed E-state index contributed by atoms with van der Waals surface area (Å²) in [5.74, 6) is -1.11. The molecule has 0 spiro atoms. The molecule has 0 radical (unpaired) electrons. The number of rotatable bonds is 5. The summed E-state index contributed by atoms with van der Waals surface area (Å²) < 4.78 is 5.34. The smallest absolute Gasteiger partial charge is 0.335 e. The fourth-order valence-electron chi connectivity index (χ4n) is 2.71. The average Bonchev–Trinajstić information content (AvgIpc) is 2.63. The molecule has 1 aliphatic rings. The molecule has 0 amide bonds. The van der Waals surface area contributed by atoms with Crippen LogP contribution in [0, 0.1) is 0 Å². The second kappa shape index (κ2) is 7.38. The van der Waals surface area contributed by atoms with Crippen molar-refractivity contribution in [3.05, 3.63) is 70.8 Å². The van der Waals surface area contributed by atoms with E-state index in [-0.39, 0.29) is 11.3 Å². The highest BCUT2D eigenvalue weighted by Crippen LogP contribution is 2.14. The maximum Gasteiger partial charge on any atom is 0.335 e. The average molecular weight is 325 g/mol. The Balaban J connectivity index is 1.67. The van der Waals surface area contributed by atoms with Gasteiger partial charge in [0.15, 0.2) is 5.78 Å². The minimum atomic E-state index is -0.999. The van der Waals surface area contributed by atoms with Crippen LogP contribution in [0.2, 0.25) is 0 Å². The molecule has 0 bridgehead atoms. The maximum atomic E-state index is 12.5. The Morgan fingerprint density at radius 1 is 0.875 bits per heavy atom. The zero-order chi connectivity index (χ0) is 16.9. The SMILES string of the molecule is O=C(O)c1ccc(C(=O)c2ccc(CN3CCOCC3)cc2)cc1. The predicted molar refractivity (Wildman–Crippen MR) is 89.4 cm³/mol. The third kappa shape index (κ3) is 3.88. The number of benzene rings is 2. The molecule has 124 valence electrons. The lowest BCUT2D eigenvalue weighted by Crippen LogP contribution is -2.35. The van der Waals surface area contributed by atoms with Gasteiger partial charge in [0.2, 0.25) is 0 Å². The van der Waals surface area contributed by atoms with E-state index in [2.05, 4.69) is 4.90 Å². The number of carboxylic acid groups (broad SMARTS) is 1. The Morgan fingerprint density at radius 2 is 1.38 bits per heavy atom. The predicted octanol–water partition coefficient (Wildman–Crippen LogP) is 2.45. The molecule has 1 fully saturated rings. The van der Waals surface area contributed by atoms with Gasteiger partial charge in [0.1, 0.15) is 0 Å². The summed E-state index contributed by atoms with van der Waals surface area (Å²) in [5.41, 5.74) is 2.42. The lowest BCUT2D eigenvalue weighted by molar-refractivity contribution is 0.0342. The first-order chi connectivity index (χ1) is 11.6. The normalized spacial score (nSPS) is 15.2. The maximum absolute atomic E-state index is 12.5. The van der Waals surface area contributed by atoms with Gasteiger partial charge in [-0.15, -0.1) is 0 Å². The van der Waals surface area contributed by atoms with E-state index in [9.17, 15) is 9.59 Å². The lowest BCUT2D eigenvalue weighted by Gasteiger charge is -2.26. The van der Waals surface area contributed by atoms with Crippen LogP contribution < -0.4 is 0 Å². The molecule has 1 aliphatic heterocycles. The zero-order valence-electron chi connectivity index (χ0n) is 13.3. The number of hydrogen-bond acceptors (Lipinski definition) is 4. The van der Waals surface area contributed by atoms with E-state index in [1.54, 1.807) is 12.1 Å². The van der Waals surface area contributed by atoms with Crippen molar-refractivity contribution in [2.45, 2.75) is 6.54 Å².